The Morgan fingerprint density at radius 1 is 1.21 bits per heavy atom. The number of rotatable bonds is 5. The maximum Gasteiger partial charge on any atom is 0.225 e. The largest absolute Gasteiger partial charge is 0.357 e. The van der Waals surface area contributed by atoms with Gasteiger partial charge in [-0.05, 0) is 36.1 Å². The molecule has 0 aliphatic carbocycles. The van der Waals surface area contributed by atoms with Crippen LogP contribution in [0.4, 0.5) is 11.5 Å². The SMILES string of the molecule is CN=C(NCc1ccc(N2CCCC2)nc1)NCC1CC(=O)Nc2ccccc21. The van der Waals surface area contributed by atoms with E-state index < -0.39 is 0 Å². The smallest absolute Gasteiger partial charge is 0.225 e. The monoisotopic (exact) mass is 392 g/mol. The van der Waals surface area contributed by atoms with Crippen LogP contribution in [0.3, 0.4) is 0 Å². The molecule has 1 fully saturated rings. The Kier molecular flexibility index (Phi) is 5.93. The normalized spacial score (nSPS) is 18.9. The Bertz CT molecular complexity index is 873. The average Bonchev–Trinajstić information content (AvgIpc) is 3.29. The molecule has 2 aliphatic heterocycles. The highest BCUT2D eigenvalue weighted by atomic mass is 16.1. The first kappa shape index (κ1) is 19.2. The minimum Gasteiger partial charge on any atom is -0.357 e. The van der Waals surface area contributed by atoms with E-state index >= 15 is 0 Å². The standard InChI is InChI=1S/C22H28N6O/c1-23-22(25-14-16-8-9-20(24-13-16)28-10-4-5-11-28)26-15-17-12-21(29)27-19-7-3-2-6-18(17)19/h2-3,6-9,13,17H,4-5,10-12,14-15H2,1H3,(H,27,29)(H2,23,25,26). The second-order valence-corrected chi connectivity index (χ2v) is 7.56. The molecule has 0 radical (unpaired) electrons. The summed E-state index contributed by atoms with van der Waals surface area (Å²) in [7, 11) is 1.76. The number of hydrogen-bond acceptors (Lipinski definition) is 4. The number of fused-ring (bicyclic) bond motifs is 1. The summed E-state index contributed by atoms with van der Waals surface area (Å²) in [6.07, 6.45) is 4.90. The third kappa shape index (κ3) is 4.67. The van der Waals surface area contributed by atoms with Gasteiger partial charge in [0.1, 0.15) is 5.82 Å². The maximum absolute atomic E-state index is 12.0. The lowest BCUT2D eigenvalue weighted by Crippen LogP contribution is -2.40. The van der Waals surface area contributed by atoms with Crippen LogP contribution in [0.1, 0.15) is 36.3 Å². The van der Waals surface area contributed by atoms with E-state index in [4.69, 9.17) is 0 Å². The van der Waals surface area contributed by atoms with Crippen LogP contribution >= 0.6 is 0 Å². The minimum absolute atomic E-state index is 0.0580. The van der Waals surface area contributed by atoms with Crippen molar-refractivity contribution in [3.05, 3.63) is 53.7 Å². The molecule has 4 rings (SSSR count). The van der Waals surface area contributed by atoms with Crippen LogP contribution in [0.15, 0.2) is 47.6 Å². The number of pyridine rings is 1. The third-order valence-corrected chi connectivity index (χ3v) is 5.55. The van der Waals surface area contributed by atoms with Crippen molar-refractivity contribution in [1.82, 2.24) is 15.6 Å². The van der Waals surface area contributed by atoms with Crippen molar-refractivity contribution in [2.45, 2.75) is 31.7 Å². The van der Waals surface area contributed by atoms with E-state index in [2.05, 4.69) is 49.0 Å². The molecule has 7 heteroatoms. The molecule has 3 N–H and O–H groups in total. The van der Waals surface area contributed by atoms with Gasteiger partial charge in [-0.25, -0.2) is 4.98 Å². The van der Waals surface area contributed by atoms with Crippen molar-refractivity contribution in [3.8, 4) is 0 Å². The molecule has 1 saturated heterocycles. The van der Waals surface area contributed by atoms with Crippen molar-refractivity contribution in [1.29, 1.82) is 0 Å². The second-order valence-electron chi connectivity index (χ2n) is 7.56. The number of aromatic nitrogens is 1. The zero-order valence-electron chi connectivity index (χ0n) is 16.8. The molecule has 7 nitrogen and oxygen atoms in total. The molecule has 29 heavy (non-hydrogen) atoms. The number of amides is 1. The summed E-state index contributed by atoms with van der Waals surface area (Å²) < 4.78 is 0. The molecule has 0 saturated carbocycles. The van der Waals surface area contributed by atoms with Crippen LogP contribution in [0.2, 0.25) is 0 Å². The van der Waals surface area contributed by atoms with Gasteiger partial charge in [0.25, 0.3) is 0 Å². The Balaban J connectivity index is 1.31. The summed E-state index contributed by atoms with van der Waals surface area (Å²) in [5, 5.41) is 9.63. The Morgan fingerprint density at radius 3 is 2.79 bits per heavy atom. The van der Waals surface area contributed by atoms with Crippen molar-refractivity contribution < 1.29 is 4.79 Å². The quantitative estimate of drug-likeness (QED) is 0.538. The second kappa shape index (κ2) is 8.94. The zero-order chi connectivity index (χ0) is 20.1. The van der Waals surface area contributed by atoms with Crippen LogP contribution in [-0.4, -0.2) is 43.5 Å². The van der Waals surface area contributed by atoms with Crippen LogP contribution in [-0.2, 0) is 11.3 Å². The number of anilines is 2. The number of para-hydroxylation sites is 1. The summed E-state index contributed by atoms with van der Waals surface area (Å²) in [6, 6.07) is 12.2. The summed E-state index contributed by atoms with van der Waals surface area (Å²) >= 11 is 0. The van der Waals surface area contributed by atoms with Crippen LogP contribution in [0.25, 0.3) is 0 Å². The van der Waals surface area contributed by atoms with Crippen LogP contribution in [0, 0.1) is 0 Å². The Hall–Kier alpha value is -3.09. The number of hydrogen-bond donors (Lipinski definition) is 3. The number of guanidine groups is 1. The number of carbonyl (C=O) groups is 1. The molecule has 0 spiro atoms. The molecular formula is C22H28N6O. The fourth-order valence-corrected chi connectivity index (χ4v) is 3.96. The molecule has 1 atom stereocenters. The van der Waals surface area contributed by atoms with E-state index in [-0.39, 0.29) is 11.8 Å². The summed E-state index contributed by atoms with van der Waals surface area (Å²) in [6.45, 7) is 3.50. The summed E-state index contributed by atoms with van der Waals surface area (Å²) in [4.78, 5) is 23.2. The van der Waals surface area contributed by atoms with E-state index in [1.54, 1.807) is 7.05 Å². The molecule has 1 unspecified atom stereocenters. The number of nitrogens with one attached hydrogen (secondary N) is 3. The predicted octanol–water partition coefficient (Wildman–Crippen LogP) is 2.47. The summed E-state index contributed by atoms with van der Waals surface area (Å²) in [5.41, 5.74) is 3.18. The summed E-state index contributed by atoms with van der Waals surface area (Å²) in [5.74, 6) is 1.96. The molecule has 2 aliphatic rings. The highest BCUT2D eigenvalue weighted by molar-refractivity contribution is 5.94. The van der Waals surface area contributed by atoms with Gasteiger partial charge in [0.15, 0.2) is 5.96 Å². The van der Waals surface area contributed by atoms with Crippen molar-refractivity contribution in [3.63, 3.8) is 0 Å². The lowest BCUT2D eigenvalue weighted by Gasteiger charge is -2.26. The molecular weight excluding hydrogens is 364 g/mol. The molecule has 2 aromatic rings. The van der Waals surface area contributed by atoms with Gasteiger partial charge in [-0.3, -0.25) is 9.79 Å². The molecule has 1 amide bonds. The predicted molar refractivity (Wildman–Crippen MR) is 116 cm³/mol. The van der Waals surface area contributed by atoms with Crippen molar-refractivity contribution in [2.24, 2.45) is 4.99 Å². The number of carbonyl (C=O) groups excluding carboxylic acids is 1. The molecule has 152 valence electrons. The van der Waals surface area contributed by atoms with Crippen LogP contribution in [0.5, 0.6) is 0 Å². The lowest BCUT2D eigenvalue weighted by atomic mass is 9.90. The van der Waals surface area contributed by atoms with Gasteiger partial charge in [-0.15, -0.1) is 0 Å². The van der Waals surface area contributed by atoms with Crippen molar-refractivity contribution >= 4 is 23.4 Å². The van der Waals surface area contributed by atoms with E-state index in [0.717, 1.165) is 41.7 Å². The third-order valence-electron chi connectivity index (χ3n) is 5.55. The van der Waals surface area contributed by atoms with E-state index in [0.29, 0.717) is 19.5 Å². The molecule has 0 bridgehead atoms. The lowest BCUT2D eigenvalue weighted by molar-refractivity contribution is -0.116. The molecule has 1 aromatic carbocycles. The minimum atomic E-state index is 0.0580. The van der Waals surface area contributed by atoms with Gasteiger partial charge >= 0.3 is 0 Å². The number of nitrogens with zero attached hydrogens (tertiary/aromatic N) is 3. The van der Waals surface area contributed by atoms with Gasteiger partial charge in [0.05, 0.1) is 0 Å². The van der Waals surface area contributed by atoms with E-state index in [1.807, 2.05) is 24.4 Å². The number of benzene rings is 1. The zero-order valence-corrected chi connectivity index (χ0v) is 16.8. The highest BCUT2D eigenvalue weighted by Crippen LogP contribution is 2.31. The Labute approximate surface area is 171 Å². The fourth-order valence-electron chi connectivity index (χ4n) is 3.96. The topological polar surface area (TPSA) is 81.7 Å². The molecule has 3 heterocycles. The van der Waals surface area contributed by atoms with Crippen molar-refractivity contribution in [2.75, 3.05) is 36.9 Å². The first-order chi connectivity index (χ1) is 14.2. The Morgan fingerprint density at radius 2 is 2.03 bits per heavy atom. The van der Waals surface area contributed by atoms with E-state index in [9.17, 15) is 4.79 Å². The van der Waals surface area contributed by atoms with Gasteiger partial charge in [0, 0.05) is 57.4 Å². The number of aliphatic imine (C=N–C) groups is 1. The van der Waals surface area contributed by atoms with Gasteiger partial charge in [0.2, 0.25) is 5.91 Å². The maximum atomic E-state index is 12.0. The van der Waals surface area contributed by atoms with Gasteiger partial charge in [-0.2, -0.15) is 0 Å². The van der Waals surface area contributed by atoms with Gasteiger partial charge < -0.3 is 20.9 Å². The average molecular weight is 393 g/mol. The van der Waals surface area contributed by atoms with Crippen LogP contribution < -0.4 is 20.9 Å². The van der Waals surface area contributed by atoms with Gasteiger partial charge in [-0.1, -0.05) is 24.3 Å². The fraction of sp³-hybridized carbons (Fsp3) is 0.409. The first-order valence-corrected chi connectivity index (χ1v) is 10.3. The first-order valence-electron chi connectivity index (χ1n) is 10.3. The molecule has 1 aromatic heterocycles. The highest BCUT2D eigenvalue weighted by Gasteiger charge is 2.24. The van der Waals surface area contributed by atoms with E-state index in [1.165, 1.54) is 12.8 Å².